The third kappa shape index (κ3) is 4.14. The van der Waals surface area contributed by atoms with Gasteiger partial charge in [0, 0.05) is 5.92 Å². The maximum atomic E-state index is 2.39. The summed E-state index contributed by atoms with van der Waals surface area (Å²) in [5.41, 5.74) is 9.50. The normalized spacial score (nSPS) is 20.4. The van der Waals surface area contributed by atoms with E-state index in [9.17, 15) is 0 Å². The molecule has 143 valence electrons. The van der Waals surface area contributed by atoms with Gasteiger partial charge in [-0.3, -0.25) is 0 Å². The zero-order valence-corrected chi connectivity index (χ0v) is 20.2. The Morgan fingerprint density at radius 2 is 1.64 bits per heavy atom. The molecule has 2 atom stereocenters. The Kier molecular flexibility index (Phi) is 8.39. The van der Waals surface area contributed by atoms with E-state index < -0.39 is 0 Å². The van der Waals surface area contributed by atoms with Gasteiger partial charge in [0.05, 0.1) is 0 Å². The number of allylic oxidation sites excluding steroid dienone is 3. The van der Waals surface area contributed by atoms with E-state index in [-0.39, 0.29) is 51.0 Å². The Balaban J connectivity index is 0.000000934. The summed E-state index contributed by atoms with van der Waals surface area (Å²) in [5, 5.41) is 0. The molecule has 5 rings (SSSR count). The summed E-state index contributed by atoms with van der Waals surface area (Å²) in [6.07, 6.45) is 11.1. The number of rotatable bonds is 5. The minimum Gasteiger partial charge on any atom is -1.00 e. The van der Waals surface area contributed by atoms with Crippen LogP contribution in [0.15, 0.2) is 60.2 Å². The largest absolute Gasteiger partial charge is 3.00 e. The molecule has 28 heavy (non-hydrogen) atoms. The molecule has 0 aromatic heterocycles. The van der Waals surface area contributed by atoms with Crippen LogP contribution in [0, 0.1) is 5.92 Å². The minimum atomic E-state index is 0. The SMILES string of the molecule is C[C-](CCC1C2=C(CC2)c2ccccc21)CC1C=Cc2ccccc21.[Cl-].[Cl-].[Zr+3]. The van der Waals surface area contributed by atoms with Crippen molar-refractivity contribution in [2.24, 2.45) is 0 Å². The molecule has 3 aliphatic carbocycles. The Labute approximate surface area is 200 Å². The van der Waals surface area contributed by atoms with Crippen LogP contribution in [0.5, 0.6) is 0 Å². The van der Waals surface area contributed by atoms with E-state index in [4.69, 9.17) is 0 Å². The average Bonchev–Trinajstić information content (AvgIpc) is 3.10. The van der Waals surface area contributed by atoms with Gasteiger partial charge in [0.1, 0.15) is 0 Å². The molecular weight excluding hydrogens is 462 g/mol. The first-order valence-corrected chi connectivity index (χ1v) is 9.71. The molecule has 2 unspecified atom stereocenters. The van der Waals surface area contributed by atoms with Gasteiger partial charge >= 0.3 is 26.2 Å². The quantitative estimate of drug-likeness (QED) is 0.551. The van der Waals surface area contributed by atoms with Crippen LogP contribution in [0.2, 0.25) is 0 Å². The second-order valence-electron chi connectivity index (χ2n) is 7.94. The van der Waals surface area contributed by atoms with E-state index in [0.717, 1.165) is 0 Å². The summed E-state index contributed by atoms with van der Waals surface area (Å²) >= 11 is 0. The molecular formula is C25H25Cl2Zr. The standard InChI is InChI=1S/C25H25.2ClH.Zr/c1-17(16-19-12-11-18-6-2-3-7-20(18)19)10-13-23-21-8-4-5-9-22(21)24-14-15-25(23)24;;;/h2-9,11-12,19,23H,10,13-16H2,1H3;2*1H;/q-1;;;+3/p-2. The Morgan fingerprint density at radius 1 is 0.929 bits per heavy atom. The molecule has 3 aliphatic rings. The summed E-state index contributed by atoms with van der Waals surface area (Å²) in [6.45, 7) is 2.37. The van der Waals surface area contributed by atoms with Crippen molar-refractivity contribution in [3.63, 3.8) is 0 Å². The van der Waals surface area contributed by atoms with Crippen LogP contribution in [0.25, 0.3) is 11.6 Å². The molecule has 0 saturated carbocycles. The first kappa shape index (κ1) is 23.7. The van der Waals surface area contributed by atoms with Crippen molar-refractivity contribution in [3.8, 4) is 0 Å². The van der Waals surface area contributed by atoms with Gasteiger partial charge < -0.3 is 30.7 Å². The fourth-order valence-corrected chi connectivity index (χ4v) is 5.05. The summed E-state index contributed by atoms with van der Waals surface area (Å²) in [5.74, 6) is 2.93. The Hall–Kier alpha value is -0.617. The van der Waals surface area contributed by atoms with Crippen molar-refractivity contribution in [2.45, 2.75) is 50.9 Å². The molecule has 0 heterocycles. The molecule has 1 radical (unpaired) electrons. The molecule has 3 heteroatoms. The number of hydrogen-bond donors (Lipinski definition) is 0. The Bertz CT molecular complexity index is 884. The molecule has 0 fully saturated rings. The number of benzene rings is 2. The number of fused-ring (bicyclic) bond motifs is 3. The van der Waals surface area contributed by atoms with Gasteiger partial charge in [-0.25, -0.2) is 0 Å². The van der Waals surface area contributed by atoms with Gasteiger partial charge in [-0.15, -0.1) is 0 Å². The number of halogens is 2. The molecule has 0 amide bonds. The average molecular weight is 488 g/mol. The van der Waals surface area contributed by atoms with Crippen LogP contribution in [-0.2, 0) is 26.2 Å². The molecule has 2 aromatic rings. The van der Waals surface area contributed by atoms with Crippen molar-refractivity contribution >= 4 is 11.6 Å². The van der Waals surface area contributed by atoms with E-state index in [0.29, 0.717) is 11.8 Å². The van der Waals surface area contributed by atoms with Crippen LogP contribution in [0.1, 0.15) is 73.1 Å². The molecule has 0 nitrogen and oxygen atoms in total. The van der Waals surface area contributed by atoms with Crippen molar-refractivity contribution in [1.29, 1.82) is 0 Å². The van der Waals surface area contributed by atoms with Crippen LogP contribution < -0.4 is 24.8 Å². The second kappa shape index (κ2) is 9.93. The topological polar surface area (TPSA) is 0 Å². The molecule has 0 N–H and O–H groups in total. The number of hydrogen-bond acceptors (Lipinski definition) is 0. The summed E-state index contributed by atoms with van der Waals surface area (Å²) < 4.78 is 0. The zero-order chi connectivity index (χ0) is 16.8. The van der Waals surface area contributed by atoms with Crippen molar-refractivity contribution in [3.05, 3.63) is 88.4 Å². The van der Waals surface area contributed by atoms with Gasteiger partial charge in [0.2, 0.25) is 0 Å². The fourth-order valence-electron chi connectivity index (χ4n) is 5.05. The predicted octanol–water partition coefficient (Wildman–Crippen LogP) is 0.912. The maximum absolute atomic E-state index is 2.39. The van der Waals surface area contributed by atoms with Gasteiger partial charge in [-0.05, 0) is 46.6 Å². The van der Waals surface area contributed by atoms with Gasteiger partial charge in [-0.1, -0.05) is 72.7 Å². The van der Waals surface area contributed by atoms with Crippen LogP contribution >= 0.6 is 0 Å². The van der Waals surface area contributed by atoms with Crippen molar-refractivity contribution in [2.75, 3.05) is 0 Å². The van der Waals surface area contributed by atoms with E-state index in [2.05, 4.69) is 67.6 Å². The van der Waals surface area contributed by atoms with E-state index >= 15 is 0 Å². The molecule has 2 aromatic carbocycles. The third-order valence-electron chi connectivity index (χ3n) is 6.45. The molecule has 0 bridgehead atoms. The maximum Gasteiger partial charge on any atom is 3.00 e. The van der Waals surface area contributed by atoms with E-state index in [1.54, 1.807) is 28.2 Å². The first-order valence-electron chi connectivity index (χ1n) is 9.71. The van der Waals surface area contributed by atoms with Gasteiger partial charge in [-0.2, -0.15) is 19.8 Å². The molecule has 0 saturated heterocycles. The van der Waals surface area contributed by atoms with Crippen LogP contribution in [-0.4, -0.2) is 0 Å². The summed E-state index contributed by atoms with van der Waals surface area (Å²) in [6, 6.07) is 18.0. The molecule has 0 aliphatic heterocycles. The van der Waals surface area contributed by atoms with E-state index in [1.165, 1.54) is 43.2 Å². The fraction of sp³-hybridized carbons (Fsp3) is 0.320. The summed E-state index contributed by atoms with van der Waals surface area (Å²) in [4.78, 5) is 0. The summed E-state index contributed by atoms with van der Waals surface area (Å²) in [7, 11) is 0. The molecule has 0 spiro atoms. The first-order chi connectivity index (χ1) is 12.3. The van der Waals surface area contributed by atoms with Crippen LogP contribution in [0.3, 0.4) is 0 Å². The van der Waals surface area contributed by atoms with Gasteiger partial charge in [0.25, 0.3) is 0 Å². The second-order valence-corrected chi connectivity index (χ2v) is 7.94. The van der Waals surface area contributed by atoms with Crippen molar-refractivity contribution in [1.82, 2.24) is 0 Å². The minimum absolute atomic E-state index is 0. The zero-order valence-electron chi connectivity index (χ0n) is 16.2. The van der Waals surface area contributed by atoms with E-state index in [1.807, 2.05) is 0 Å². The third-order valence-corrected chi connectivity index (χ3v) is 6.45. The smallest absolute Gasteiger partial charge is 1.00 e. The van der Waals surface area contributed by atoms with Crippen molar-refractivity contribution < 1.29 is 51.0 Å². The monoisotopic (exact) mass is 485 g/mol. The Morgan fingerprint density at radius 3 is 2.39 bits per heavy atom. The predicted molar refractivity (Wildman–Crippen MR) is 106 cm³/mol. The van der Waals surface area contributed by atoms with Crippen LogP contribution in [0.4, 0.5) is 0 Å². The van der Waals surface area contributed by atoms with Gasteiger partial charge in [0.15, 0.2) is 0 Å².